The van der Waals surface area contributed by atoms with Crippen molar-refractivity contribution in [2.75, 3.05) is 7.11 Å². The number of benzene rings is 2. The number of carbonyl (C=O) groups excluding carboxylic acids is 2. The van der Waals surface area contributed by atoms with Crippen molar-refractivity contribution in [1.29, 1.82) is 0 Å². The lowest BCUT2D eigenvalue weighted by Crippen LogP contribution is -2.57. The molecule has 0 radical (unpaired) electrons. The maximum absolute atomic E-state index is 13.4. The molecule has 2 aromatic rings. The molecule has 0 aromatic heterocycles. The minimum Gasteiger partial charge on any atom is -0.496 e. The summed E-state index contributed by atoms with van der Waals surface area (Å²) >= 11 is 6.74. The lowest BCUT2D eigenvalue weighted by molar-refractivity contribution is -0.152. The molecule has 0 atom stereocenters. The molecule has 7 heteroatoms. The van der Waals surface area contributed by atoms with Gasteiger partial charge in [0.05, 0.1) is 17.4 Å². The summed E-state index contributed by atoms with van der Waals surface area (Å²) in [7, 11) is 1.65. The zero-order valence-electron chi connectivity index (χ0n) is 18.5. The molecule has 2 aromatic carbocycles. The summed E-state index contributed by atoms with van der Waals surface area (Å²) in [4.78, 5) is 27.2. The van der Waals surface area contributed by atoms with Crippen LogP contribution in [0.3, 0.4) is 0 Å². The zero-order valence-corrected chi connectivity index (χ0v) is 20.1. The van der Waals surface area contributed by atoms with Crippen molar-refractivity contribution in [3.63, 3.8) is 0 Å². The summed E-state index contributed by atoms with van der Waals surface area (Å²) in [5.74, 6) is 2.50. The predicted octanol–water partition coefficient (Wildman–Crippen LogP) is 5.30. The topological polar surface area (TPSA) is 58.6 Å². The van der Waals surface area contributed by atoms with Gasteiger partial charge in [0, 0.05) is 5.39 Å². The highest BCUT2D eigenvalue weighted by molar-refractivity contribution is 8.26. The Kier molecular flexibility index (Phi) is 5.03. The van der Waals surface area contributed by atoms with Crippen LogP contribution >= 0.6 is 24.0 Å². The standard InChI is InChI=1S/C26H26N2O3S2/c1-31-21-7-6-18(19-4-2-3-5-20(19)21)11-22-23(29)28(25(32)33-22)27-24(30)26-12-15-8-16(13-26)10-17(9-15)14-26/h2-7,11,15-17H,8-10,12-14H2,1H3,(H,27,30). The fraction of sp³-hybridized carbons (Fsp3) is 0.423. The summed E-state index contributed by atoms with van der Waals surface area (Å²) in [6.07, 6.45) is 8.52. The number of amides is 2. The van der Waals surface area contributed by atoms with E-state index in [2.05, 4.69) is 5.43 Å². The van der Waals surface area contributed by atoms with Crippen LogP contribution in [0.15, 0.2) is 41.3 Å². The monoisotopic (exact) mass is 478 g/mol. The Morgan fingerprint density at radius 1 is 1.09 bits per heavy atom. The van der Waals surface area contributed by atoms with Gasteiger partial charge in [-0.2, -0.15) is 5.01 Å². The molecule has 5 aliphatic rings. The molecule has 4 bridgehead atoms. The van der Waals surface area contributed by atoms with Crippen molar-refractivity contribution in [2.24, 2.45) is 23.2 Å². The number of hydrazine groups is 1. The van der Waals surface area contributed by atoms with E-state index in [1.54, 1.807) is 7.11 Å². The minimum absolute atomic E-state index is 0.0194. The van der Waals surface area contributed by atoms with Crippen LogP contribution in [0.25, 0.3) is 16.8 Å². The number of rotatable bonds is 4. The molecule has 4 aliphatic carbocycles. The van der Waals surface area contributed by atoms with E-state index in [1.807, 2.05) is 42.5 Å². The fourth-order valence-electron chi connectivity index (χ4n) is 6.91. The van der Waals surface area contributed by atoms with Crippen molar-refractivity contribution in [3.8, 4) is 5.75 Å². The number of thiocarbonyl (C=S) groups is 1. The number of methoxy groups -OCH3 is 1. The van der Waals surface area contributed by atoms with Gasteiger partial charge < -0.3 is 4.74 Å². The second-order valence-electron chi connectivity index (χ2n) is 10.1. The van der Waals surface area contributed by atoms with Gasteiger partial charge in [0.2, 0.25) is 5.91 Å². The van der Waals surface area contributed by atoms with E-state index < -0.39 is 0 Å². The number of nitrogens with one attached hydrogen (secondary N) is 1. The fourth-order valence-corrected chi connectivity index (χ4v) is 8.08. The molecule has 5 nitrogen and oxygen atoms in total. The number of ether oxygens (including phenoxy) is 1. The van der Waals surface area contributed by atoms with Crippen molar-refractivity contribution in [2.45, 2.75) is 38.5 Å². The molecule has 5 fully saturated rings. The smallest absolute Gasteiger partial charge is 0.285 e. The van der Waals surface area contributed by atoms with Crippen molar-refractivity contribution in [1.82, 2.24) is 10.4 Å². The summed E-state index contributed by atoms with van der Waals surface area (Å²) in [5, 5.41) is 3.28. The van der Waals surface area contributed by atoms with Gasteiger partial charge in [-0.1, -0.05) is 42.1 Å². The van der Waals surface area contributed by atoms with Crippen LogP contribution in [0, 0.1) is 23.2 Å². The molecular formula is C26H26N2O3S2. The maximum atomic E-state index is 13.4. The Morgan fingerprint density at radius 3 is 2.36 bits per heavy atom. The molecule has 1 aliphatic heterocycles. The lowest BCUT2D eigenvalue weighted by atomic mass is 9.49. The van der Waals surface area contributed by atoms with Gasteiger partial charge in [-0.25, -0.2) is 0 Å². The van der Waals surface area contributed by atoms with Crippen LogP contribution in [0.1, 0.15) is 44.1 Å². The number of hydrogen-bond donors (Lipinski definition) is 1. The van der Waals surface area contributed by atoms with E-state index in [0.717, 1.165) is 41.3 Å². The zero-order chi connectivity index (χ0) is 22.7. The minimum atomic E-state index is -0.325. The summed E-state index contributed by atoms with van der Waals surface area (Å²) in [6, 6.07) is 11.8. The van der Waals surface area contributed by atoms with E-state index in [0.29, 0.717) is 27.0 Å². The average Bonchev–Trinajstić information content (AvgIpc) is 3.05. The van der Waals surface area contributed by atoms with Gasteiger partial charge in [0.25, 0.3) is 5.91 Å². The van der Waals surface area contributed by atoms with E-state index in [-0.39, 0.29) is 17.2 Å². The van der Waals surface area contributed by atoms with E-state index in [9.17, 15) is 9.59 Å². The molecule has 0 spiro atoms. The molecule has 170 valence electrons. The first-order valence-electron chi connectivity index (χ1n) is 11.6. The highest BCUT2D eigenvalue weighted by Crippen LogP contribution is 2.60. The van der Waals surface area contributed by atoms with Gasteiger partial charge >= 0.3 is 0 Å². The number of thioether (sulfide) groups is 1. The van der Waals surface area contributed by atoms with Crippen LogP contribution in [-0.2, 0) is 9.59 Å². The largest absolute Gasteiger partial charge is 0.496 e. The van der Waals surface area contributed by atoms with Crippen molar-refractivity contribution in [3.05, 3.63) is 46.9 Å². The quantitative estimate of drug-likeness (QED) is 0.478. The highest BCUT2D eigenvalue weighted by atomic mass is 32.2. The van der Waals surface area contributed by atoms with E-state index in [4.69, 9.17) is 17.0 Å². The Morgan fingerprint density at radius 2 is 1.73 bits per heavy atom. The highest BCUT2D eigenvalue weighted by Gasteiger charge is 2.55. The molecule has 33 heavy (non-hydrogen) atoms. The summed E-state index contributed by atoms with van der Waals surface area (Å²) < 4.78 is 5.86. The molecular weight excluding hydrogens is 452 g/mol. The summed E-state index contributed by atoms with van der Waals surface area (Å²) in [5.41, 5.74) is 3.52. The first-order valence-corrected chi connectivity index (χ1v) is 12.8. The normalized spacial score (nSPS) is 31.6. The first-order chi connectivity index (χ1) is 16.0. The van der Waals surface area contributed by atoms with Crippen molar-refractivity contribution >= 4 is 57.0 Å². The van der Waals surface area contributed by atoms with Crippen LogP contribution in [-0.4, -0.2) is 28.3 Å². The number of nitrogens with zero attached hydrogens (tertiary/aromatic N) is 1. The number of carbonyl (C=O) groups is 2. The third-order valence-electron chi connectivity index (χ3n) is 7.95. The Bertz CT molecular complexity index is 1190. The van der Waals surface area contributed by atoms with Crippen LogP contribution in [0.4, 0.5) is 0 Å². The van der Waals surface area contributed by atoms with Gasteiger partial charge in [-0.05, 0) is 91.6 Å². The SMILES string of the molecule is COc1ccc(C=C2SC(=S)N(NC(=O)C34CC5CC(CC(C5)C3)C4)C2=O)c2ccccc12. The van der Waals surface area contributed by atoms with Crippen LogP contribution in [0.2, 0.25) is 0 Å². The molecule has 1 saturated heterocycles. The average molecular weight is 479 g/mol. The van der Waals surface area contributed by atoms with Gasteiger partial charge in [0.1, 0.15) is 5.75 Å². The van der Waals surface area contributed by atoms with Gasteiger partial charge in [-0.15, -0.1) is 0 Å². The number of hydrogen-bond acceptors (Lipinski definition) is 5. The summed E-state index contributed by atoms with van der Waals surface area (Å²) in [6.45, 7) is 0. The van der Waals surface area contributed by atoms with Crippen LogP contribution < -0.4 is 10.2 Å². The molecule has 4 saturated carbocycles. The third kappa shape index (κ3) is 3.48. The first kappa shape index (κ1) is 21.2. The Hall–Kier alpha value is -2.38. The molecule has 0 unspecified atom stereocenters. The Labute approximate surface area is 202 Å². The second-order valence-corrected chi connectivity index (χ2v) is 11.7. The molecule has 1 N–H and O–H groups in total. The number of fused-ring (bicyclic) bond motifs is 1. The maximum Gasteiger partial charge on any atom is 0.285 e. The van der Waals surface area contributed by atoms with Crippen LogP contribution in [0.5, 0.6) is 5.75 Å². The predicted molar refractivity (Wildman–Crippen MR) is 134 cm³/mol. The van der Waals surface area contributed by atoms with Crippen molar-refractivity contribution < 1.29 is 14.3 Å². The lowest BCUT2D eigenvalue weighted by Gasteiger charge is -2.55. The van der Waals surface area contributed by atoms with Gasteiger partial charge in [0.15, 0.2) is 4.32 Å². The van der Waals surface area contributed by atoms with Gasteiger partial charge in [-0.3, -0.25) is 15.0 Å². The molecule has 2 amide bonds. The Balaban J connectivity index is 1.25. The van der Waals surface area contributed by atoms with E-state index in [1.165, 1.54) is 36.0 Å². The molecule has 1 heterocycles. The molecule has 7 rings (SSSR count). The third-order valence-corrected chi connectivity index (χ3v) is 9.25. The van der Waals surface area contributed by atoms with E-state index >= 15 is 0 Å². The second kappa shape index (κ2) is 7.84.